The molecule has 0 aliphatic rings. The number of phenols is 2. The van der Waals surface area contributed by atoms with Crippen molar-refractivity contribution in [3.63, 3.8) is 0 Å². The van der Waals surface area contributed by atoms with E-state index in [9.17, 15) is 19.8 Å². The van der Waals surface area contributed by atoms with E-state index in [1.165, 1.54) is 39.5 Å². The van der Waals surface area contributed by atoms with Crippen LogP contribution >= 0.6 is 0 Å². The molecule has 0 heterocycles. The number of phenolic OH excluding ortho intramolecular Hbond substituents is 2. The zero-order valence-corrected chi connectivity index (χ0v) is 21.2. The van der Waals surface area contributed by atoms with Crippen LogP contribution in [0.4, 0.5) is 0 Å². The Hall–Kier alpha value is -3.34. The van der Waals surface area contributed by atoms with E-state index in [1.54, 1.807) is 11.8 Å². The summed E-state index contributed by atoms with van der Waals surface area (Å²) in [7, 11) is 4.49. The molecule has 1 amide bonds. The summed E-state index contributed by atoms with van der Waals surface area (Å²) < 4.78 is 21.0. The van der Waals surface area contributed by atoms with Crippen molar-refractivity contribution in [2.45, 2.75) is 19.8 Å². The lowest BCUT2D eigenvalue weighted by molar-refractivity contribution is -0.131. The molecule has 2 rings (SSSR count). The molecule has 10 heteroatoms. The van der Waals surface area contributed by atoms with Gasteiger partial charge in [-0.3, -0.25) is 9.59 Å². The Morgan fingerprint density at radius 2 is 1.56 bits per heavy atom. The lowest BCUT2D eigenvalue weighted by atomic mass is 9.89. The van der Waals surface area contributed by atoms with E-state index in [4.69, 9.17) is 24.1 Å². The summed E-state index contributed by atoms with van der Waals surface area (Å²) in [6, 6.07) is 5.61. The number of aliphatic hydroxyl groups is 1. The highest BCUT2D eigenvalue weighted by atomic mass is 16.5. The van der Waals surface area contributed by atoms with Crippen molar-refractivity contribution < 1.29 is 43.9 Å². The summed E-state index contributed by atoms with van der Waals surface area (Å²) in [4.78, 5) is 28.4. The predicted octanol–water partition coefficient (Wildman–Crippen LogP) is 1.93. The molecular formula is C26H35NO9. The minimum atomic E-state index is -0.544. The molecule has 0 aromatic heterocycles. The first-order valence-corrected chi connectivity index (χ1v) is 11.6. The van der Waals surface area contributed by atoms with Crippen LogP contribution in [0.15, 0.2) is 24.3 Å². The van der Waals surface area contributed by atoms with Crippen molar-refractivity contribution in [3.05, 3.63) is 46.5 Å². The number of ketones is 1. The lowest BCUT2D eigenvalue weighted by Gasteiger charge is -2.24. The van der Waals surface area contributed by atoms with Gasteiger partial charge in [-0.05, 0) is 35.7 Å². The maximum absolute atomic E-state index is 13.6. The number of ether oxygens (including phenoxy) is 4. The summed E-state index contributed by atoms with van der Waals surface area (Å²) in [6.45, 7) is 2.93. The number of aromatic hydroxyl groups is 2. The zero-order chi connectivity index (χ0) is 26.7. The normalized spacial score (nSPS) is 10.8. The third kappa shape index (κ3) is 7.09. The van der Waals surface area contributed by atoms with Crippen molar-refractivity contribution in [3.8, 4) is 23.0 Å². The maximum Gasteiger partial charge on any atom is 0.227 e. The standard InChI is InChI=1S/C26H35NO9/c1-5-18-19(15-24(31)27(8-11-33-2)9-12-34-3)25(21(30)16-20(18)29)26(32)17-6-7-22(36-13-10-28)23(14-17)35-4/h6-7,14,16,28-30H,5,8-13,15H2,1-4H3. The Kier molecular flexibility index (Phi) is 11.5. The Morgan fingerprint density at radius 1 is 0.889 bits per heavy atom. The van der Waals surface area contributed by atoms with Crippen LogP contribution in [-0.2, 0) is 27.1 Å². The topological polar surface area (TPSA) is 135 Å². The van der Waals surface area contributed by atoms with Crippen molar-refractivity contribution in [2.75, 3.05) is 60.8 Å². The van der Waals surface area contributed by atoms with Gasteiger partial charge >= 0.3 is 0 Å². The van der Waals surface area contributed by atoms with Crippen LogP contribution in [0.5, 0.6) is 23.0 Å². The minimum absolute atomic E-state index is 0.0527. The minimum Gasteiger partial charge on any atom is -0.508 e. The number of methoxy groups -OCH3 is 3. The molecule has 0 saturated heterocycles. The average molecular weight is 506 g/mol. The number of carbonyl (C=O) groups is 2. The van der Waals surface area contributed by atoms with E-state index in [0.717, 1.165) is 6.07 Å². The van der Waals surface area contributed by atoms with Gasteiger partial charge < -0.3 is 39.2 Å². The van der Waals surface area contributed by atoms with Gasteiger partial charge in [0.2, 0.25) is 5.91 Å². The van der Waals surface area contributed by atoms with E-state index in [2.05, 4.69) is 0 Å². The van der Waals surface area contributed by atoms with Gasteiger partial charge in [-0.2, -0.15) is 0 Å². The van der Waals surface area contributed by atoms with Crippen LogP contribution in [0.25, 0.3) is 0 Å². The molecule has 198 valence electrons. The lowest BCUT2D eigenvalue weighted by Crippen LogP contribution is -2.37. The quantitative estimate of drug-likeness (QED) is 0.310. The first-order chi connectivity index (χ1) is 17.3. The number of amides is 1. The maximum atomic E-state index is 13.6. The third-order valence-corrected chi connectivity index (χ3v) is 5.67. The first-order valence-electron chi connectivity index (χ1n) is 11.6. The highest BCUT2D eigenvalue weighted by Gasteiger charge is 2.27. The summed E-state index contributed by atoms with van der Waals surface area (Å²) in [5.41, 5.74) is 0.778. The van der Waals surface area contributed by atoms with Crippen LogP contribution in [0.1, 0.15) is 34.0 Å². The van der Waals surface area contributed by atoms with Gasteiger partial charge in [0.25, 0.3) is 0 Å². The fourth-order valence-corrected chi connectivity index (χ4v) is 3.85. The number of hydrogen-bond acceptors (Lipinski definition) is 9. The molecule has 0 fully saturated rings. The second kappa shape index (κ2) is 14.3. The highest BCUT2D eigenvalue weighted by molar-refractivity contribution is 6.12. The van der Waals surface area contributed by atoms with Crippen molar-refractivity contribution in [1.82, 2.24) is 4.90 Å². The molecule has 0 unspecified atom stereocenters. The Morgan fingerprint density at radius 3 is 2.11 bits per heavy atom. The van der Waals surface area contributed by atoms with Crippen molar-refractivity contribution in [1.29, 1.82) is 0 Å². The number of rotatable bonds is 15. The van der Waals surface area contributed by atoms with Crippen LogP contribution in [0.2, 0.25) is 0 Å². The van der Waals surface area contributed by atoms with Crippen molar-refractivity contribution in [2.24, 2.45) is 0 Å². The Labute approximate surface area is 211 Å². The fourth-order valence-electron chi connectivity index (χ4n) is 3.85. The van der Waals surface area contributed by atoms with Gasteiger partial charge in [-0.25, -0.2) is 0 Å². The highest BCUT2D eigenvalue weighted by Crippen LogP contribution is 2.36. The van der Waals surface area contributed by atoms with E-state index in [0.29, 0.717) is 44.0 Å². The summed E-state index contributed by atoms with van der Waals surface area (Å²) in [5, 5.41) is 30.2. The predicted molar refractivity (Wildman–Crippen MR) is 132 cm³/mol. The zero-order valence-electron chi connectivity index (χ0n) is 21.2. The molecule has 0 aliphatic carbocycles. The molecule has 2 aromatic rings. The Balaban J connectivity index is 2.53. The van der Waals surface area contributed by atoms with E-state index in [-0.39, 0.29) is 53.7 Å². The number of carbonyl (C=O) groups excluding carboxylic acids is 2. The summed E-state index contributed by atoms with van der Waals surface area (Å²) in [5.74, 6) is -0.862. The monoisotopic (exact) mass is 505 g/mol. The van der Waals surface area contributed by atoms with Crippen LogP contribution in [0.3, 0.4) is 0 Å². The van der Waals surface area contributed by atoms with E-state index in [1.807, 2.05) is 0 Å². The van der Waals surface area contributed by atoms with Gasteiger partial charge in [-0.15, -0.1) is 0 Å². The second-order valence-electron chi connectivity index (χ2n) is 7.91. The van der Waals surface area contributed by atoms with Gasteiger partial charge in [0.15, 0.2) is 17.3 Å². The smallest absolute Gasteiger partial charge is 0.227 e. The first kappa shape index (κ1) is 28.9. The molecule has 0 saturated carbocycles. The molecule has 3 N–H and O–H groups in total. The van der Waals surface area contributed by atoms with Crippen LogP contribution in [-0.4, -0.2) is 92.8 Å². The number of aliphatic hydroxyl groups excluding tert-OH is 1. The SMILES string of the molecule is CCc1c(O)cc(O)c(C(=O)c2ccc(OCCO)c(OC)c2)c1CC(=O)N(CCOC)CCOC. The molecule has 0 atom stereocenters. The van der Waals surface area contributed by atoms with Crippen molar-refractivity contribution >= 4 is 11.7 Å². The van der Waals surface area contributed by atoms with Gasteiger partial charge in [0.05, 0.1) is 38.9 Å². The fraction of sp³-hybridized carbons (Fsp3) is 0.462. The molecular weight excluding hydrogens is 470 g/mol. The van der Waals surface area contributed by atoms with E-state index >= 15 is 0 Å². The van der Waals surface area contributed by atoms with E-state index < -0.39 is 11.5 Å². The molecule has 0 bridgehead atoms. The second-order valence-corrected chi connectivity index (χ2v) is 7.91. The summed E-state index contributed by atoms with van der Waals surface area (Å²) in [6.07, 6.45) is 0.122. The average Bonchev–Trinajstić information content (AvgIpc) is 2.87. The number of nitrogens with zero attached hydrogens (tertiary/aromatic N) is 1. The van der Waals surface area contributed by atoms with Crippen LogP contribution < -0.4 is 9.47 Å². The third-order valence-electron chi connectivity index (χ3n) is 5.67. The van der Waals surface area contributed by atoms with Gasteiger partial charge in [0, 0.05) is 38.9 Å². The van der Waals surface area contributed by atoms with Crippen LogP contribution in [0, 0.1) is 0 Å². The summed E-state index contributed by atoms with van der Waals surface area (Å²) >= 11 is 0. The molecule has 0 aliphatic heterocycles. The van der Waals surface area contributed by atoms with Gasteiger partial charge in [-0.1, -0.05) is 6.92 Å². The largest absolute Gasteiger partial charge is 0.508 e. The molecule has 36 heavy (non-hydrogen) atoms. The van der Waals surface area contributed by atoms with Gasteiger partial charge in [0.1, 0.15) is 18.1 Å². The molecule has 2 aromatic carbocycles. The molecule has 10 nitrogen and oxygen atoms in total. The Bertz CT molecular complexity index is 1030. The number of benzene rings is 2. The molecule has 0 spiro atoms. The molecule has 0 radical (unpaired) electrons. The number of hydrogen-bond donors (Lipinski definition) is 3.